The van der Waals surface area contributed by atoms with Gasteiger partial charge in [0.1, 0.15) is 5.82 Å². The Bertz CT molecular complexity index is 551. The van der Waals surface area contributed by atoms with Crippen LogP contribution in [0.1, 0.15) is 50.7 Å². The third-order valence-electron chi connectivity index (χ3n) is 4.86. The van der Waals surface area contributed by atoms with E-state index < -0.39 is 0 Å². The molecular weight excluding hydrogens is 330 g/mol. The summed E-state index contributed by atoms with van der Waals surface area (Å²) in [4.78, 5) is 12.5. The molecule has 24 heavy (non-hydrogen) atoms. The first-order valence-electron chi connectivity index (χ1n) is 8.75. The average molecular weight is 358 g/mol. The Balaban J connectivity index is 0.00000208. The molecule has 2 heterocycles. The Kier molecular flexibility index (Phi) is 7.01. The number of nitrogens with zero attached hydrogens (tertiary/aromatic N) is 3. The fourth-order valence-electron chi connectivity index (χ4n) is 3.50. The number of fused-ring (bicyclic) bond motifs is 1. The third kappa shape index (κ3) is 4.26. The van der Waals surface area contributed by atoms with Crippen LogP contribution in [0.2, 0.25) is 0 Å². The highest BCUT2D eigenvalue weighted by molar-refractivity contribution is 5.85. The van der Waals surface area contributed by atoms with Crippen LogP contribution in [0.3, 0.4) is 0 Å². The van der Waals surface area contributed by atoms with Gasteiger partial charge in [0.2, 0.25) is 5.91 Å². The Hall–Kier alpha value is -1.18. The number of rotatable bonds is 6. The second kappa shape index (κ2) is 8.78. The number of ether oxygens (including phenoxy) is 1. The van der Waals surface area contributed by atoms with Gasteiger partial charge in [0, 0.05) is 31.5 Å². The van der Waals surface area contributed by atoms with Crippen molar-refractivity contribution >= 4 is 18.3 Å². The van der Waals surface area contributed by atoms with Crippen LogP contribution >= 0.6 is 12.4 Å². The zero-order valence-electron chi connectivity index (χ0n) is 14.2. The van der Waals surface area contributed by atoms with Crippen molar-refractivity contribution in [3.8, 4) is 0 Å². The van der Waals surface area contributed by atoms with E-state index in [0.717, 1.165) is 50.3 Å². The van der Waals surface area contributed by atoms with Crippen molar-refractivity contribution < 1.29 is 9.53 Å². The Labute approximate surface area is 149 Å². The van der Waals surface area contributed by atoms with E-state index in [-0.39, 0.29) is 36.4 Å². The van der Waals surface area contributed by atoms with E-state index in [1.54, 1.807) is 0 Å². The highest BCUT2D eigenvalue weighted by Gasteiger charge is 2.32. The lowest BCUT2D eigenvalue weighted by Gasteiger charge is -2.33. The highest BCUT2D eigenvalue weighted by atomic mass is 35.5. The van der Waals surface area contributed by atoms with Crippen molar-refractivity contribution in [2.24, 2.45) is 11.7 Å². The Morgan fingerprint density at radius 3 is 3.04 bits per heavy atom. The van der Waals surface area contributed by atoms with Gasteiger partial charge in [0.25, 0.3) is 0 Å². The molecule has 1 amide bonds. The van der Waals surface area contributed by atoms with Gasteiger partial charge in [0.05, 0.1) is 12.6 Å². The molecule has 0 radical (unpaired) electrons. The molecule has 1 aliphatic heterocycles. The third-order valence-corrected chi connectivity index (χ3v) is 4.86. The van der Waals surface area contributed by atoms with Gasteiger partial charge >= 0.3 is 0 Å². The number of halogens is 1. The molecule has 0 bridgehead atoms. The standard InChI is InChI=1S/C16H27N5O2.ClH/c1-2-8-23-13-9-11(5-6-12(13)17)16(22)18-10-15-20-19-14-4-3-7-21(14)15;/h11-13H,2-10,17H2,1H3,(H,18,22);1H/t11-,12-,13-;/m0./s1. The second-order valence-corrected chi connectivity index (χ2v) is 6.59. The molecule has 8 heteroatoms. The van der Waals surface area contributed by atoms with E-state index in [9.17, 15) is 4.79 Å². The SMILES string of the molecule is CCCO[C@H]1C[C@@H](C(=O)NCc2nnc3n2CCC3)CC[C@@H]1N.Cl. The number of nitrogens with two attached hydrogens (primary N) is 1. The molecule has 0 aromatic carbocycles. The average Bonchev–Trinajstić information content (AvgIpc) is 3.15. The van der Waals surface area contributed by atoms with E-state index in [2.05, 4.69) is 27.0 Å². The molecule has 1 aromatic rings. The molecular formula is C16H28ClN5O2. The van der Waals surface area contributed by atoms with E-state index in [1.165, 1.54) is 0 Å². The smallest absolute Gasteiger partial charge is 0.223 e. The lowest BCUT2D eigenvalue weighted by Crippen LogP contribution is -2.45. The monoisotopic (exact) mass is 357 g/mol. The van der Waals surface area contributed by atoms with Crippen LogP contribution in [-0.4, -0.2) is 39.4 Å². The molecule has 1 fully saturated rings. The van der Waals surface area contributed by atoms with Crippen LogP contribution < -0.4 is 11.1 Å². The molecule has 0 unspecified atom stereocenters. The first-order chi connectivity index (χ1) is 11.2. The molecule has 2 aliphatic rings. The summed E-state index contributed by atoms with van der Waals surface area (Å²) in [5.41, 5.74) is 6.12. The van der Waals surface area contributed by atoms with Crippen molar-refractivity contribution in [2.75, 3.05) is 6.61 Å². The number of hydrogen-bond acceptors (Lipinski definition) is 5. The van der Waals surface area contributed by atoms with Gasteiger partial charge in [-0.3, -0.25) is 4.79 Å². The molecule has 0 saturated heterocycles. The number of aryl methyl sites for hydroxylation is 1. The van der Waals surface area contributed by atoms with Gasteiger partial charge < -0.3 is 20.4 Å². The van der Waals surface area contributed by atoms with Crippen molar-refractivity contribution in [2.45, 2.75) is 70.7 Å². The predicted octanol–water partition coefficient (Wildman–Crippen LogP) is 1.18. The van der Waals surface area contributed by atoms with Crippen LogP contribution in [0.5, 0.6) is 0 Å². The number of amides is 1. The summed E-state index contributed by atoms with van der Waals surface area (Å²) < 4.78 is 7.92. The van der Waals surface area contributed by atoms with Gasteiger partial charge in [-0.15, -0.1) is 22.6 Å². The number of nitrogens with one attached hydrogen (secondary N) is 1. The van der Waals surface area contributed by atoms with E-state index in [1.807, 2.05) is 0 Å². The lowest BCUT2D eigenvalue weighted by molar-refractivity contribution is -0.128. The normalized spacial score (nSPS) is 25.8. The Morgan fingerprint density at radius 2 is 2.25 bits per heavy atom. The molecule has 3 atom stereocenters. The molecule has 3 N–H and O–H groups in total. The van der Waals surface area contributed by atoms with Crippen LogP contribution in [0.4, 0.5) is 0 Å². The summed E-state index contributed by atoms with van der Waals surface area (Å²) in [5.74, 6) is 1.96. The van der Waals surface area contributed by atoms with E-state index in [0.29, 0.717) is 19.6 Å². The minimum Gasteiger partial charge on any atom is -0.377 e. The fraction of sp³-hybridized carbons (Fsp3) is 0.812. The quantitative estimate of drug-likeness (QED) is 0.797. The van der Waals surface area contributed by atoms with Crippen molar-refractivity contribution in [1.29, 1.82) is 0 Å². The van der Waals surface area contributed by atoms with Crippen LogP contribution in [0.15, 0.2) is 0 Å². The number of aromatic nitrogens is 3. The highest BCUT2D eigenvalue weighted by Crippen LogP contribution is 2.26. The minimum atomic E-state index is -0.0161. The number of carbonyl (C=O) groups is 1. The van der Waals surface area contributed by atoms with Crippen molar-refractivity contribution in [3.63, 3.8) is 0 Å². The maximum Gasteiger partial charge on any atom is 0.223 e. The largest absolute Gasteiger partial charge is 0.377 e. The van der Waals surface area contributed by atoms with E-state index in [4.69, 9.17) is 10.5 Å². The second-order valence-electron chi connectivity index (χ2n) is 6.59. The van der Waals surface area contributed by atoms with E-state index >= 15 is 0 Å². The molecule has 7 nitrogen and oxygen atoms in total. The van der Waals surface area contributed by atoms with Crippen molar-refractivity contribution in [3.05, 3.63) is 11.6 Å². The van der Waals surface area contributed by atoms with Gasteiger partial charge in [-0.05, 0) is 32.1 Å². The van der Waals surface area contributed by atoms with Gasteiger partial charge in [-0.2, -0.15) is 0 Å². The summed E-state index contributed by atoms with van der Waals surface area (Å²) in [6.07, 6.45) is 5.45. The lowest BCUT2D eigenvalue weighted by atomic mass is 9.83. The predicted molar refractivity (Wildman–Crippen MR) is 92.8 cm³/mol. The van der Waals surface area contributed by atoms with Crippen molar-refractivity contribution in [1.82, 2.24) is 20.1 Å². The summed E-state index contributed by atoms with van der Waals surface area (Å²) in [7, 11) is 0. The summed E-state index contributed by atoms with van der Waals surface area (Å²) in [6, 6.07) is 0.0466. The first kappa shape index (κ1) is 19.1. The summed E-state index contributed by atoms with van der Waals surface area (Å²) in [6.45, 7) is 4.20. The van der Waals surface area contributed by atoms with Crippen LogP contribution in [-0.2, 0) is 29.0 Å². The molecule has 136 valence electrons. The zero-order valence-corrected chi connectivity index (χ0v) is 15.1. The maximum absolute atomic E-state index is 12.5. The van der Waals surface area contributed by atoms with Gasteiger partial charge in [-0.25, -0.2) is 0 Å². The molecule has 1 aliphatic carbocycles. The molecule has 1 aromatic heterocycles. The molecule has 3 rings (SSSR count). The topological polar surface area (TPSA) is 95.1 Å². The summed E-state index contributed by atoms with van der Waals surface area (Å²) in [5, 5.41) is 11.4. The Morgan fingerprint density at radius 1 is 1.42 bits per heavy atom. The summed E-state index contributed by atoms with van der Waals surface area (Å²) >= 11 is 0. The number of carbonyl (C=O) groups excluding carboxylic acids is 1. The maximum atomic E-state index is 12.5. The minimum absolute atomic E-state index is 0. The van der Waals surface area contributed by atoms with Gasteiger partial charge in [0.15, 0.2) is 5.82 Å². The number of hydrogen-bond donors (Lipinski definition) is 2. The van der Waals surface area contributed by atoms with Crippen LogP contribution in [0, 0.1) is 5.92 Å². The molecule has 0 spiro atoms. The fourth-order valence-corrected chi connectivity index (χ4v) is 3.50. The van der Waals surface area contributed by atoms with Gasteiger partial charge in [-0.1, -0.05) is 6.92 Å². The first-order valence-corrected chi connectivity index (χ1v) is 8.75. The molecule has 1 saturated carbocycles. The van der Waals surface area contributed by atoms with Crippen LogP contribution in [0.25, 0.3) is 0 Å². The zero-order chi connectivity index (χ0) is 16.2.